The highest BCUT2D eigenvalue weighted by Gasteiger charge is 2.17. The molecule has 0 saturated carbocycles. The van der Waals surface area contributed by atoms with Gasteiger partial charge in [-0.15, -0.1) is 0 Å². The van der Waals surface area contributed by atoms with Crippen LogP contribution in [0.1, 0.15) is 29.0 Å². The molecule has 1 aromatic heterocycles. The van der Waals surface area contributed by atoms with Gasteiger partial charge in [0.2, 0.25) is 0 Å². The number of carbonyl (C=O) groups excluding carboxylic acids is 2. The lowest BCUT2D eigenvalue weighted by Gasteiger charge is -2.14. The molecule has 8 heteroatoms. The molecule has 0 aliphatic heterocycles. The van der Waals surface area contributed by atoms with Gasteiger partial charge in [-0.05, 0) is 30.7 Å². The molecule has 27 heavy (non-hydrogen) atoms. The van der Waals surface area contributed by atoms with E-state index in [-0.39, 0.29) is 11.7 Å². The normalized spacial score (nSPS) is 11.8. The van der Waals surface area contributed by atoms with Gasteiger partial charge in [0.1, 0.15) is 0 Å². The summed E-state index contributed by atoms with van der Waals surface area (Å²) in [5.74, 6) is -1.27. The minimum absolute atomic E-state index is 0.0547. The maximum Gasteiger partial charge on any atom is 0.359 e. The van der Waals surface area contributed by atoms with Crippen LogP contribution in [0, 0.1) is 0 Å². The zero-order chi connectivity index (χ0) is 19.4. The first kappa shape index (κ1) is 18.6. The van der Waals surface area contributed by atoms with Crippen molar-refractivity contribution in [3.05, 3.63) is 75.2 Å². The third-order valence-electron chi connectivity index (χ3n) is 3.95. The summed E-state index contributed by atoms with van der Waals surface area (Å²) in [6, 6.07) is 13.3. The van der Waals surface area contributed by atoms with E-state index >= 15 is 0 Å². The van der Waals surface area contributed by atoms with Crippen LogP contribution < -0.4 is 10.9 Å². The number of rotatable bonds is 5. The van der Waals surface area contributed by atoms with Gasteiger partial charge in [-0.3, -0.25) is 9.59 Å². The minimum Gasteiger partial charge on any atom is -0.451 e. The Morgan fingerprint density at radius 3 is 2.67 bits per heavy atom. The number of nitrogens with one attached hydrogen (secondary N) is 2. The first-order valence-electron chi connectivity index (χ1n) is 8.15. The number of amides is 1. The topological polar surface area (TPSA) is 101 Å². The van der Waals surface area contributed by atoms with Crippen molar-refractivity contribution >= 4 is 34.2 Å². The summed E-state index contributed by atoms with van der Waals surface area (Å²) in [6.07, 6.45) is 0. The maximum absolute atomic E-state index is 12.3. The molecule has 2 aromatic carbocycles. The molecule has 1 heterocycles. The van der Waals surface area contributed by atoms with E-state index in [0.29, 0.717) is 15.8 Å². The molecule has 0 spiro atoms. The summed E-state index contributed by atoms with van der Waals surface area (Å²) in [7, 11) is 0. The number of hydrogen-bond donors (Lipinski definition) is 2. The monoisotopic (exact) mass is 385 g/mol. The van der Waals surface area contributed by atoms with Crippen LogP contribution in [0.5, 0.6) is 0 Å². The standard InChI is InChI=1S/C19H16ClN3O4/c1-11(12-5-4-6-13(20)9-12)21-16(24)10-27-19(26)17-14-7-2-3-8-15(14)18(25)23-22-17/h2-9,11H,10H2,1H3,(H,21,24)(H,23,25)/t11-/m0/s1. The number of halogens is 1. The fourth-order valence-electron chi connectivity index (χ4n) is 2.61. The van der Waals surface area contributed by atoms with E-state index in [2.05, 4.69) is 15.5 Å². The zero-order valence-electron chi connectivity index (χ0n) is 14.4. The van der Waals surface area contributed by atoms with E-state index in [1.165, 1.54) is 0 Å². The predicted octanol–water partition coefficient (Wildman–Crippen LogP) is 2.61. The highest BCUT2D eigenvalue weighted by atomic mass is 35.5. The second-order valence-corrected chi connectivity index (χ2v) is 6.30. The number of H-pyrrole nitrogens is 1. The zero-order valence-corrected chi connectivity index (χ0v) is 15.1. The Morgan fingerprint density at radius 1 is 1.19 bits per heavy atom. The summed E-state index contributed by atoms with van der Waals surface area (Å²) in [6.45, 7) is 1.32. The number of fused-ring (bicyclic) bond motifs is 1. The molecular formula is C19H16ClN3O4. The SMILES string of the molecule is C[C@H](NC(=O)COC(=O)c1n[nH]c(=O)c2ccccc12)c1cccc(Cl)c1. The van der Waals surface area contributed by atoms with E-state index in [0.717, 1.165) is 5.56 Å². The number of nitrogens with zero attached hydrogens (tertiary/aromatic N) is 1. The molecule has 7 nitrogen and oxygen atoms in total. The lowest BCUT2D eigenvalue weighted by atomic mass is 10.1. The number of hydrogen-bond acceptors (Lipinski definition) is 5. The third-order valence-corrected chi connectivity index (χ3v) is 4.19. The fraction of sp³-hybridized carbons (Fsp3) is 0.158. The second kappa shape index (κ2) is 8.01. The lowest BCUT2D eigenvalue weighted by molar-refractivity contribution is -0.124. The van der Waals surface area contributed by atoms with Gasteiger partial charge in [-0.25, -0.2) is 9.89 Å². The highest BCUT2D eigenvalue weighted by Crippen LogP contribution is 2.17. The van der Waals surface area contributed by atoms with Crippen molar-refractivity contribution in [1.29, 1.82) is 0 Å². The van der Waals surface area contributed by atoms with Crippen LogP contribution in [0.4, 0.5) is 0 Å². The van der Waals surface area contributed by atoms with Crippen molar-refractivity contribution in [2.75, 3.05) is 6.61 Å². The van der Waals surface area contributed by atoms with Gasteiger partial charge in [0.15, 0.2) is 12.3 Å². The molecular weight excluding hydrogens is 370 g/mol. The van der Waals surface area contributed by atoms with Crippen LogP contribution in [0.15, 0.2) is 53.3 Å². The van der Waals surface area contributed by atoms with Gasteiger partial charge in [-0.1, -0.05) is 41.9 Å². The van der Waals surface area contributed by atoms with Crippen molar-refractivity contribution in [3.8, 4) is 0 Å². The van der Waals surface area contributed by atoms with Crippen molar-refractivity contribution in [1.82, 2.24) is 15.5 Å². The summed E-state index contributed by atoms with van der Waals surface area (Å²) in [4.78, 5) is 36.1. The smallest absolute Gasteiger partial charge is 0.359 e. The van der Waals surface area contributed by atoms with E-state index in [1.807, 2.05) is 6.07 Å². The summed E-state index contributed by atoms with van der Waals surface area (Å²) >= 11 is 5.94. The van der Waals surface area contributed by atoms with Gasteiger partial charge in [-0.2, -0.15) is 5.10 Å². The first-order valence-corrected chi connectivity index (χ1v) is 8.53. The van der Waals surface area contributed by atoms with Crippen LogP contribution in [0.25, 0.3) is 10.8 Å². The first-order chi connectivity index (χ1) is 13.0. The molecule has 0 fully saturated rings. The minimum atomic E-state index is -0.798. The number of ether oxygens (including phenoxy) is 1. The van der Waals surface area contributed by atoms with Gasteiger partial charge in [0, 0.05) is 10.4 Å². The Balaban J connectivity index is 1.65. The van der Waals surface area contributed by atoms with Crippen molar-refractivity contribution in [2.45, 2.75) is 13.0 Å². The molecule has 0 unspecified atom stereocenters. The van der Waals surface area contributed by atoms with Crippen LogP contribution in [-0.4, -0.2) is 28.7 Å². The number of benzene rings is 2. The van der Waals surface area contributed by atoms with Crippen LogP contribution >= 0.6 is 11.6 Å². The van der Waals surface area contributed by atoms with Gasteiger partial charge < -0.3 is 10.1 Å². The molecule has 138 valence electrons. The molecule has 1 amide bonds. The summed E-state index contributed by atoms with van der Waals surface area (Å²) in [5.41, 5.74) is 0.367. The highest BCUT2D eigenvalue weighted by molar-refractivity contribution is 6.30. The Morgan fingerprint density at radius 2 is 1.93 bits per heavy atom. The average molecular weight is 386 g/mol. The molecule has 0 saturated heterocycles. The third kappa shape index (κ3) is 4.32. The predicted molar refractivity (Wildman–Crippen MR) is 101 cm³/mol. The van der Waals surface area contributed by atoms with Crippen LogP contribution in [-0.2, 0) is 9.53 Å². The largest absolute Gasteiger partial charge is 0.451 e. The molecule has 0 radical (unpaired) electrons. The van der Waals surface area contributed by atoms with Gasteiger partial charge in [0.25, 0.3) is 11.5 Å². The summed E-state index contributed by atoms with van der Waals surface area (Å²) in [5, 5.41) is 9.96. The van der Waals surface area contributed by atoms with Gasteiger partial charge >= 0.3 is 5.97 Å². The Kier molecular flexibility index (Phi) is 5.52. The Labute approximate surface area is 159 Å². The summed E-state index contributed by atoms with van der Waals surface area (Å²) < 4.78 is 5.04. The average Bonchev–Trinajstić information content (AvgIpc) is 2.66. The molecule has 2 N–H and O–H groups in total. The molecule has 1 atom stereocenters. The number of esters is 1. The fourth-order valence-corrected chi connectivity index (χ4v) is 2.81. The molecule has 0 aliphatic carbocycles. The Bertz CT molecular complexity index is 1060. The van der Waals surface area contributed by atoms with E-state index in [1.54, 1.807) is 49.4 Å². The van der Waals surface area contributed by atoms with Gasteiger partial charge in [0.05, 0.1) is 11.4 Å². The van der Waals surface area contributed by atoms with Crippen molar-refractivity contribution < 1.29 is 14.3 Å². The second-order valence-electron chi connectivity index (χ2n) is 5.87. The quantitative estimate of drug-likeness (QED) is 0.657. The molecule has 3 rings (SSSR count). The van der Waals surface area contributed by atoms with Crippen molar-refractivity contribution in [2.24, 2.45) is 0 Å². The number of aromatic nitrogens is 2. The number of aromatic amines is 1. The lowest BCUT2D eigenvalue weighted by Crippen LogP contribution is -2.31. The van der Waals surface area contributed by atoms with Crippen molar-refractivity contribution in [3.63, 3.8) is 0 Å². The van der Waals surface area contributed by atoms with E-state index in [4.69, 9.17) is 16.3 Å². The van der Waals surface area contributed by atoms with E-state index < -0.39 is 24.0 Å². The molecule has 0 aliphatic rings. The van der Waals surface area contributed by atoms with Crippen LogP contribution in [0.3, 0.4) is 0 Å². The van der Waals surface area contributed by atoms with E-state index in [9.17, 15) is 14.4 Å². The maximum atomic E-state index is 12.3. The number of carbonyl (C=O) groups is 2. The van der Waals surface area contributed by atoms with Crippen LogP contribution in [0.2, 0.25) is 5.02 Å². The molecule has 3 aromatic rings. The Hall–Kier alpha value is -3.19. The molecule has 0 bridgehead atoms.